The molecule has 0 aliphatic rings. The van der Waals surface area contributed by atoms with Gasteiger partial charge in [0.1, 0.15) is 0 Å². The topological polar surface area (TPSA) is 43.8 Å². The van der Waals surface area contributed by atoms with Crippen molar-refractivity contribution in [3.05, 3.63) is 17.5 Å². The van der Waals surface area contributed by atoms with Crippen LogP contribution in [0.15, 0.2) is 6.07 Å². The van der Waals surface area contributed by atoms with E-state index in [1.165, 1.54) is 0 Å². The quantitative estimate of drug-likeness (QED) is 0.694. The van der Waals surface area contributed by atoms with Crippen LogP contribution >= 0.6 is 0 Å². The Morgan fingerprint density at radius 2 is 2.36 bits per heavy atom. The highest BCUT2D eigenvalue weighted by atomic mass is 15.3. The van der Waals surface area contributed by atoms with Gasteiger partial charge in [-0.2, -0.15) is 5.10 Å². The first-order chi connectivity index (χ1) is 5.15. The summed E-state index contributed by atoms with van der Waals surface area (Å²) in [5.74, 6) is 0. The van der Waals surface area contributed by atoms with Crippen molar-refractivity contribution in [1.29, 1.82) is 0 Å². The second-order valence-corrected chi connectivity index (χ2v) is 2.82. The summed E-state index contributed by atoms with van der Waals surface area (Å²) in [6.07, 6.45) is 0. The van der Waals surface area contributed by atoms with Gasteiger partial charge >= 0.3 is 0 Å². The first-order valence-corrected chi connectivity index (χ1v) is 3.95. The van der Waals surface area contributed by atoms with Gasteiger partial charge in [-0.3, -0.25) is 4.68 Å². The summed E-state index contributed by atoms with van der Waals surface area (Å²) in [5.41, 5.74) is 7.90. The van der Waals surface area contributed by atoms with Crippen LogP contribution < -0.4 is 5.73 Å². The average Bonchev–Trinajstić information content (AvgIpc) is 2.30. The molecule has 1 rings (SSSR count). The van der Waals surface area contributed by atoms with E-state index in [1.54, 1.807) is 0 Å². The smallest absolute Gasteiger partial charge is 0.0597 e. The van der Waals surface area contributed by atoms with Crippen LogP contribution in [0, 0.1) is 6.92 Å². The largest absolute Gasteiger partial charge is 0.323 e. The van der Waals surface area contributed by atoms with Gasteiger partial charge in [0.2, 0.25) is 0 Å². The van der Waals surface area contributed by atoms with E-state index >= 15 is 0 Å². The van der Waals surface area contributed by atoms with Crippen molar-refractivity contribution in [3.63, 3.8) is 0 Å². The van der Waals surface area contributed by atoms with E-state index < -0.39 is 0 Å². The monoisotopic (exact) mass is 153 g/mol. The fourth-order valence-corrected chi connectivity index (χ4v) is 1.19. The Labute approximate surface area is 67.2 Å². The molecule has 0 radical (unpaired) electrons. The molecule has 0 bridgehead atoms. The number of rotatable bonds is 2. The van der Waals surface area contributed by atoms with Gasteiger partial charge in [-0.25, -0.2) is 0 Å². The second-order valence-electron chi connectivity index (χ2n) is 2.82. The van der Waals surface area contributed by atoms with Crippen molar-refractivity contribution >= 4 is 0 Å². The zero-order chi connectivity index (χ0) is 8.43. The van der Waals surface area contributed by atoms with Gasteiger partial charge in [0, 0.05) is 12.6 Å². The van der Waals surface area contributed by atoms with Gasteiger partial charge in [-0.05, 0) is 26.8 Å². The molecule has 1 heterocycles. The SMILES string of the molecule is CCn1nc(C)cc1C(C)N. The molecular formula is C8H15N3. The predicted octanol–water partition coefficient (Wildman–Crippen LogP) is 1.23. The van der Waals surface area contributed by atoms with Gasteiger partial charge in [0.15, 0.2) is 0 Å². The Morgan fingerprint density at radius 3 is 2.73 bits per heavy atom. The summed E-state index contributed by atoms with van der Waals surface area (Å²) in [6.45, 7) is 6.92. The molecule has 3 heteroatoms. The van der Waals surface area contributed by atoms with Crippen LogP contribution in [0.2, 0.25) is 0 Å². The van der Waals surface area contributed by atoms with Gasteiger partial charge < -0.3 is 5.73 Å². The lowest BCUT2D eigenvalue weighted by atomic mass is 10.2. The predicted molar refractivity (Wildman–Crippen MR) is 45.2 cm³/mol. The van der Waals surface area contributed by atoms with Crippen LogP contribution in [0.1, 0.15) is 31.3 Å². The fraction of sp³-hybridized carbons (Fsp3) is 0.625. The van der Waals surface area contributed by atoms with Crippen LogP contribution in [-0.4, -0.2) is 9.78 Å². The third-order valence-electron chi connectivity index (χ3n) is 1.70. The molecule has 0 spiro atoms. The zero-order valence-electron chi connectivity index (χ0n) is 7.33. The molecule has 1 unspecified atom stereocenters. The number of aromatic nitrogens is 2. The zero-order valence-corrected chi connectivity index (χ0v) is 7.33. The summed E-state index contributed by atoms with van der Waals surface area (Å²) in [4.78, 5) is 0. The van der Waals surface area contributed by atoms with E-state index in [0.29, 0.717) is 0 Å². The number of hydrogen-bond acceptors (Lipinski definition) is 2. The van der Waals surface area contributed by atoms with Crippen LogP contribution in [0.4, 0.5) is 0 Å². The minimum Gasteiger partial charge on any atom is -0.323 e. The van der Waals surface area contributed by atoms with Gasteiger partial charge in [-0.15, -0.1) is 0 Å². The van der Waals surface area contributed by atoms with Crippen molar-refractivity contribution < 1.29 is 0 Å². The third kappa shape index (κ3) is 1.60. The molecule has 1 aromatic rings. The van der Waals surface area contributed by atoms with E-state index in [2.05, 4.69) is 12.0 Å². The minimum atomic E-state index is 0.0798. The Bertz CT molecular complexity index is 237. The lowest BCUT2D eigenvalue weighted by Gasteiger charge is -2.06. The van der Waals surface area contributed by atoms with Gasteiger partial charge in [-0.1, -0.05) is 0 Å². The lowest BCUT2D eigenvalue weighted by Crippen LogP contribution is -2.12. The molecule has 62 valence electrons. The lowest BCUT2D eigenvalue weighted by molar-refractivity contribution is 0.587. The number of hydrogen-bond donors (Lipinski definition) is 1. The number of nitrogens with two attached hydrogens (primary N) is 1. The first-order valence-electron chi connectivity index (χ1n) is 3.95. The summed E-state index contributed by atoms with van der Waals surface area (Å²) < 4.78 is 1.94. The van der Waals surface area contributed by atoms with Gasteiger partial charge in [0.05, 0.1) is 11.4 Å². The van der Waals surface area contributed by atoms with Crippen molar-refractivity contribution in [2.75, 3.05) is 0 Å². The minimum absolute atomic E-state index is 0.0798. The molecule has 11 heavy (non-hydrogen) atoms. The highest BCUT2D eigenvalue weighted by Gasteiger charge is 2.06. The molecule has 1 aromatic heterocycles. The molecule has 0 fully saturated rings. The summed E-state index contributed by atoms with van der Waals surface area (Å²) in [6, 6.07) is 2.12. The maximum absolute atomic E-state index is 5.74. The molecule has 0 aliphatic heterocycles. The maximum atomic E-state index is 5.74. The van der Waals surface area contributed by atoms with Gasteiger partial charge in [0.25, 0.3) is 0 Å². The van der Waals surface area contributed by atoms with E-state index in [-0.39, 0.29) is 6.04 Å². The summed E-state index contributed by atoms with van der Waals surface area (Å²) in [5, 5.41) is 4.29. The van der Waals surface area contributed by atoms with E-state index in [4.69, 9.17) is 5.73 Å². The Kier molecular flexibility index (Phi) is 2.29. The standard InChI is InChI=1S/C8H15N3/c1-4-11-8(7(3)9)5-6(2)10-11/h5,7H,4,9H2,1-3H3. The highest BCUT2D eigenvalue weighted by Crippen LogP contribution is 2.10. The molecule has 0 aliphatic carbocycles. The molecule has 3 nitrogen and oxygen atoms in total. The molecular weight excluding hydrogens is 138 g/mol. The van der Waals surface area contributed by atoms with Crippen LogP contribution in [0.25, 0.3) is 0 Å². The molecule has 0 saturated heterocycles. The van der Waals surface area contributed by atoms with E-state index in [1.807, 2.05) is 24.6 Å². The molecule has 0 saturated carbocycles. The highest BCUT2D eigenvalue weighted by molar-refractivity contribution is 5.11. The van der Waals surface area contributed by atoms with Crippen LogP contribution in [-0.2, 0) is 6.54 Å². The summed E-state index contributed by atoms with van der Waals surface area (Å²) in [7, 11) is 0. The Hall–Kier alpha value is -0.830. The second kappa shape index (κ2) is 3.05. The molecule has 2 N–H and O–H groups in total. The molecule has 0 aromatic carbocycles. The van der Waals surface area contributed by atoms with E-state index in [9.17, 15) is 0 Å². The van der Waals surface area contributed by atoms with Crippen LogP contribution in [0.5, 0.6) is 0 Å². The van der Waals surface area contributed by atoms with Crippen molar-refractivity contribution in [1.82, 2.24) is 9.78 Å². The van der Waals surface area contributed by atoms with Crippen molar-refractivity contribution in [2.24, 2.45) is 5.73 Å². The van der Waals surface area contributed by atoms with Crippen LogP contribution in [0.3, 0.4) is 0 Å². The summed E-state index contributed by atoms with van der Waals surface area (Å²) >= 11 is 0. The van der Waals surface area contributed by atoms with E-state index in [0.717, 1.165) is 17.9 Å². The maximum Gasteiger partial charge on any atom is 0.0597 e. The Balaban J connectivity index is 3.02. The Morgan fingerprint density at radius 1 is 1.73 bits per heavy atom. The van der Waals surface area contributed by atoms with Crippen molar-refractivity contribution in [2.45, 2.75) is 33.4 Å². The number of aryl methyl sites for hydroxylation is 2. The fourth-order valence-electron chi connectivity index (χ4n) is 1.19. The average molecular weight is 153 g/mol. The number of nitrogens with zero attached hydrogens (tertiary/aromatic N) is 2. The molecule has 1 atom stereocenters. The molecule has 0 amide bonds. The first kappa shape index (κ1) is 8.27. The third-order valence-corrected chi connectivity index (χ3v) is 1.70. The normalized spacial score (nSPS) is 13.5. The van der Waals surface area contributed by atoms with Crippen molar-refractivity contribution in [3.8, 4) is 0 Å².